The average molecular weight is 432 g/mol. The van der Waals surface area contributed by atoms with Crippen molar-refractivity contribution in [2.45, 2.75) is 38.8 Å². The zero-order valence-corrected chi connectivity index (χ0v) is 16.5. The maximum Gasteiger partial charge on any atom is 0.419 e. The molecule has 7 nitrogen and oxygen atoms in total. The van der Waals surface area contributed by atoms with Gasteiger partial charge in [-0.2, -0.15) is 23.4 Å². The van der Waals surface area contributed by atoms with Crippen LogP contribution in [-0.4, -0.2) is 41.7 Å². The molecule has 0 saturated heterocycles. The van der Waals surface area contributed by atoms with Gasteiger partial charge in [-0.15, -0.1) is 0 Å². The van der Waals surface area contributed by atoms with Gasteiger partial charge in [-0.1, -0.05) is 0 Å². The summed E-state index contributed by atoms with van der Waals surface area (Å²) in [5, 5.41) is 12.2. The van der Waals surface area contributed by atoms with E-state index in [1.165, 1.54) is 16.8 Å². The van der Waals surface area contributed by atoms with Crippen molar-refractivity contribution in [3.05, 3.63) is 47.8 Å². The average Bonchev–Trinajstić information content (AvgIpc) is 3.28. The van der Waals surface area contributed by atoms with Crippen molar-refractivity contribution in [1.82, 2.24) is 29.9 Å². The van der Waals surface area contributed by atoms with Crippen LogP contribution in [0.3, 0.4) is 0 Å². The molecule has 0 spiro atoms. The molecule has 31 heavy (non-hydrogen) atoms. The molecule has 0 radical (unpaired) electrons. The van der Waals surface area contributed by atoms with E-state index >= 15 is 0 Å². The van der Waals surface area contributed by atoms with Crippen molar-refractivity contribution in [2.24, 2.45) is 0 Å². The van der Waals surface area contributed by atoms with E-state index in [9.17, 15) is 17.6 Å². The quantitative estimate of drug-likeness (QED) is 0.481. The van der Waals surface area contributed by atoms with E-state index < -0.39 is 24.1 Å². The van der Waals surface area contributed by atoms with Crippen LogP contribution in [-0.2, 0) is 17.9 Å². The van der Waals surface area contributed by atoms with Crippen LogP contribution in [0.2, 0.25) is 0 Å². The highest BCUT2D eigenvalue weighted by atomic mass is 19.4. The first kappa shape index (κ1) is 19.6. The van der Waals surface area contributed by atoms with Crippen LogP contribution in [0.25, 0.3) is 33.5 Å². The third kappa shape index (κ3) is 2.99. The molecule has 0 unspecified atom stereocenters. The Balaban J connectivity index is 1.78. The van der Waals surface area contributed by atoms with Gasteiger partial charge in [-0.25, -0.2) is 9.37 Å². The maximum absolute atomic E-state index is 13.6. The van der Waals surface area contributed by atoms with E-state index in [1.54, 1.807) is 19.2 Å². The van der Waals surface area contributed by atoms with Crippen LogP contribution >= 0.6 is 0 Å². The lowest BCUT2D eigenvalue weighted by molar-refractivity contribution is -0.287. The number of pyridine rings is 2. The Bertz CT molecular complexity index is 1290. The van der Waals surface area contributed by atoms with Gasteiger partial charge < -0.3 is 4.74 Å². The Morgan fingerprint density at radius 2 is 2.00 bits per heavy atom. The molecule has 160 valence electrons. The first-order chi connectivity index (χ1) is 14.7. The number of nitrogens with zero attached hydrogens (tertiary/aromatic N) is 5. The van der Waals surface area contributed by atoms with Gasteiger partial charge in [0.25, 0.3) is 0 Å². The molecule has 0 aliphatic carbocycles. The number of alkyl halides is 3. The molecular weight excluding hydrogens is 416 g/mol. The molecule has 1 aliphatic heterocycles. The SMILES string of the molecule is Cc1n[nH]c2nccc(-c3c(-c4ccc(F)cn4)nn4c3CO[C@](C)(C(F)(F)F)C4)c12. The van der Waals surface area contributed by atoms with Gasteiger partial charge in [0.15, 0.2) is 11.2 Å². The number of ether oxygens (including phenoxy) is 1. The van der Waals surface area contributed by atoms with Gasteiger partial charge in [0.1, 0.15) is 11.5 Å². The molecule has 4 aromatic rings. The highest BCUT2D eigenvalue weighted by Crippen LogP contribution is 2.44. The lowest BCUT2D eigenvalue weighted by Gasteiger charge is -2.36. The molecule has 11 heteroatoms. The first-order valence-corrected chi connectivity index (χ1v) is 9.40. The summed E-state index contributed by atoms with van der Waals surface area (Å²) in [5.41, 5.74) is 1.19. The van der Waals surface area contributed by atoms with Crippen molar-refractivity contribution in [2.75, 3.05) is 0 Å². The number of H-pyrrole nitrogens is 1. The molecular formula is C20H16F4N6O. The number of aromatic amines is 1. The summed E-state index contributed by atoms with van der Waals surface area (Å²) in [6.07, 6.45) is -1.96. The largest absolute Gasteiger partial charge is 0.419 e. The van der Waals surface area contributed by atoms with Crippen LogP contribution in [0, 0.1) is 12.7 Å². The Hall–Kier alpha value is -3.34. The summed E-state index contributed by atoms with van der Waals surface area (Å²) in [4.78, 5) is 8.36. The van der Waals surface area contributed by atoms with Gasteiger partial charge >= 0.3 is 6.18 Å². The summed E-state index contributed by atoms with van der Waals surface area (Å²) in [5.74, 6) is -0.528. The number of hydrogen-bond acceptors (Lipinski definition) is 5. The van der Waals surface area contributed by atoms with E-state index in [0.717, 1.165) is 13.1 Å². The fraction of sp³-hybridized carbons (Fsp3) is 0.300. The number of aryl methyl sites for hydroxylation is 1. The Morgan fingerprint density at radius 3 is 2.71 bits per heavy atom. The normalized spacial score (nSPS) is 19.0. The number of rotatable bonds is 2. The maximum atomic E-state index is 13.6. The van der Waals surface area contributed by atoms with Crippen molar-refractivity contribution in [3.8, 4) is 22.5 Å². The van der Waals surface area contributed by atoms with Crippen molar-refractivity contribution in [3.63, 3.8) is 0 Å². The molecule has 5 rings (SSSR count). The zero-order chi connectivity index (χ0) is 22.0. The number of fused-ring (bicyclic) bond motifs is 2. The molecule has 1 N–H and O–H groups in total. The molecule has 0 fully saturated rings. The standard InChI is InChI=1S/C20H16F4N6O/c1-10-15-12(5-6-25-18(15)28-27-10)16-14-8-31-19(2,20(22,23)24)9-30(14)29-17(16)13-4-3-11(21)7-26-13/h3-7H,8-9H2,1-2H3,(H,25,27,28)/t19-/m0/s1. The highest BCUT2D eigenvalue weighted by Gasteiger charge is 2.55. The predicted octanol–water partition coefficient (Wildman–Crippen LogP) is 4.18. The van der Waals surface area contributed by atoms with Crippen LogP contribution in [0.15, 0.2) is 30.6 Å². The van der Waals surface area contributed by atoms with E-state index in [4.69, 9.17) is 4.74 Å². The fourth-order valence-electron chi connectivity index (χ4n) is 3.80. The molecule has 0 amide bonds. The van der Waals surface area contributed by atoms with Gasteiger partial charge in [0.2, 0.25) is 0 Å². The van der Waals surface area contributed by atoms with Gasteiger partial charge in [-0.05, 0) is 32.0 Å². The topological polar surface area (TPSA) is 81.5 Å². The first-order valence-electron chi connectivity index (χ1n) is 9.40. The minimum Gasteiger partial charge on any atom is -0.358 e. The number of hydrogen-bond donors (Lipinski definition) is 1. The molecule has 4 aromatic heterocycles. The van der Waals surface area contributed by atoms with E-state index in [-0.39, 0.29) is 6.61 Å². The molecule has 5 heterocycles. The predicted molar refractivity (Wildman–Crippen MR) is 102 cm³/mol. The second-order valence-corrected chi connectivity index (χ2v) is 7.60. The number of halogens is 4. The lowest BCUT2D eigenvalue weighted by Crippen LogP contribution is -2.51. The second-order valence-electron chi connectivity index (χ2n) is 7.60. The van der Waals surface area contributed by atoms with Crippen LogP contribution in [0.4, 0.5) is 17.6 Å². The number of aromatic nitrogens is 6. The highest BCUT2D eigenvalue weighted by molar-refractivity contribution is 5.98. The van der Waals surface area contributed by atoms with Gasteiger partial charge in [-0.3, -0.25) is 14.8 Å². The summed E-state index contributed by atoms with van der Waals surface area (Å²) < 4.78 is 60.8. The van der Waals surface area contributed by atoms with Crippen molar-refractivity contribution >= 4 is 11.0 Å². The third-order valence-electron chi connectivity index (χ3n) is 5.52. The monoisotopic (exact) mass is 432 g/mol. The molecule has 1 aliphatic rings. The van der Waals surface area contributed by atoms with Crippen molar-refractivity contribution < 1.29 is 22.3 Å². The molecule has 0 aromatic carbocycles. The lowest BCUT2D eigenvalue weighted by atomic mass is 9.97. The van der Waals surface area contributed by atoms with E-state index in [2.05, 4.69) is 25.3 Å². The minimum absolute atomic E-state index is 0.305. The van der Waals surface area contributed by atoms with Crippen molar-refractivity contribution in [1.29, 1.82) is 0 Å². The minimum atomic E-state index is -4.57. The summed E-state index contributed by atoms with van der Waals surface area (Å²) in [6.45, 7) is 1.98. The van der Waals surface area contributed by atoms with Crippen LogP contribution in [0.5, 0.6) is 0 Å². The Labute approximate surface area is 173 Å². The smallest absolute Gasteiger partial charge is 0.358 e. The van der Waals surface area contributed by atoms with Crippen LogP contribution < -0.4 is 0 Å². The molecule has 1 atom stereocenters. The summed E-state index contributed by atoms with van der Waals surface area (Å²) in [6, 6.07) is 4.41. The number of nitrogens with one attached hydrogen (secondary N) is 1. The molecule has 0 bridgehead atoms. The van der Waals surface area contributed by atoms with E-state index in [1.807, 2.05) is 0 Å². The van der Waals surface area contributed by atoms with Gasteiger partial charge in [0.05, 0.1) is 36.4 Å². The molecule has 0 saturated carbocycles. The van der Waals surface area contributed by atoms with Crippen LogP contribution in [0.1, 0.15) is 18.3 Å². The Morgan fingerprint density at radius 1 is 1.19 bits per heavy atom. The van der Waals surface area contributed by atoms with Gasteiger partial charge in [0, 0.05) is 22.7 Å². The fourth-order valence-corrected chi connectivity index (χ4v) is 3.80. The third-order valence-corrected chi connectivity index (χ3v) is 5.52. The van der Waals surface area contributed by atoms with E-state index in [0.29, 0.717) is 44.9 Å². The summed E-state index contributed by atoms with van der Waals surface area (Å²) in [7, 11) is 0. The summed E-state index contributed by atoms with van der Waals surface area (Å²) >= 11 is 0. The Kier molecular flexibility index (Phi) is 4.16. The zero-order valence-electron chi connectivity index (χ0n) is 16.5. The second kappa shape index (κ2) is 6.58.